The minimum atomic E-state index is -0.907. The molecule has 0 N–H and O–H groups in total. The molecule has 28 heavy (non-hydrogen) atoms. The first-order valence-electron chi connectivity index (χ1n) is 8.85. The van der Waals surface area contributed by atoms with Crippen LogP contribution in [0.4, 0.5) is 8.78 Å². The van der Waals surface area contributed by atoms with Crippen molar-refractivity contribution in [2.45, 2.75) is 6.54 Å². The number of piperazine rings is 1. The average molecular weight is 423 g/mol. The summed E-state index contributed by atoms with van der Waals surface area (Å²) in [7, 11) is 0. The fourth-order valence-corrected chi connectivity index (χ4v) is 3.88. The van der Waals surface area contributed by atoms with E-state index < -0.39 is 17.6 Å². The maximum Gasteiger partial charge on any atom is 0.321 e. The SMILES string of the molecule is O=C(CSC(=S)N1CCN(Cc2ccccc2)CC1)Oc1ccc(F)cc1F. The van der Waals surface area contributed by atoms with Gasteiger partial charge in [0.15, 0.2) is 11.6 Å². The van der Waals surface area contributed by atoms with Gasteiger partial charge in [-0.15, -0.1) is 0 Å². The zero-order chi connectivity index (χ0) is 19.9. The van der Waals surface area contributed by atoms with Crippen LogP contribution < -0.4 is 4.74 Å². The Morgan fingerprint density at radius 1 is 1.07 bits per heavy atom. The highest BCUT2D eigenvalue weighted by Gasteiger charge is 2.20. The van der Waals surface area contributed by atoms with E-state index in [4.69, 9.17) is 17.0 Å². The zero-order valence-electron chi connectivity index (χ0n) is 15.1. The summed E-state index contributed by atoms with van der Waals surface area (Å²) in [5, 5.41) is 0. The van der Waals surface area contributed by atoms with Gasteiger partial charge in [0.1, 0.15) is 10.1 Å². The van der Waals surface area contributed by atoms with Gasteiger partial charge in [-0.2, -0.15) is 0 Å². The lowest BCUT2D eigenvalue weighted by Gasteiger charge is -2.35. The lowest BCUT2D eigenvalue weighted by Crippen LogP contribution is -2.47. The highest BCUT2D eigenvalue weighted by Crippen LogP contribution is 2.19. The van der Waals surface area contributed by atoms with E-state index in [2.05, 4.69) is 21.9 Å². The number of halogens is 2. The third-order valence-corrected chi connectivity index (χ3v) is 5.81. The summed E-state index contributed by atoms with van der Waals surface area (Å²) >= 11 is 6.60. The molecule has 1 heterocycles. The second-order valence-corrected chi connectivity index (χ2v) is 7.96. The van der Waals surface area contributed by atoms with Gasteiger partial charge in [-0.05, 0) is 17.7 Å². The Labute approximate surface area is 172 Å². The van der Waals surface area contributed by atoms with E-state index >= 15 is 0 Å². The summed E-state index contributed by atoms with van der Waals surface area (Å²) in [6, 6.07) is 13.1. The van der Waals surface area contributed by atoms with E-state index in [0.29, 0.717) is 10.4 Å². The van der Waals surface area contributed by atoms with Crippen LogP contribution in [0.15, 0.2) is 48.5 Å². The van der Waals surface area contributed by atoms with Crippen molar-refractivity contribution in [2.75, 3.05) is 31.9 Å². The number of carbonyl (C=O) groups is 1. The molecular weight excluding hydrogens is 402 g/mol. The minimum Gasteiger partial charge on any atom is -0.423 e. The number of benzene rings is 2. The zero-order valence-corrected chi connectivity index (χ0v) is 16.8. The molecule has 0 amide bonds. The van der Waals surface area contributed by atoms with Crippen LogP contribution in [0, 0.1) is 11.6 Å². The van der Waals surface area contributed by atoms with Gasteiger partial charge in [0.2, 0.25) is 0 Å². The highest BCUT2D eigenvalue weighted by atomic mass is 32.2. The topological polar surface area (TPSA) is 32.8 Å². The third kappa shape index (κ3) is 5.98. The molecule has 1 aliphatic heterocycles. The number of ether oxygens (including phenoxy) is 1. The predicted octanol–water partition coefficient (Wildman–Crippen LogP) is 3.71. The van der Waals surface area contributed by atoms with E-state index in [1.54, 1.807) is 0 Å². The molecule has 2 aromatic carbocycles. The van der Waals surface area contributed by atoms with Gasteiger partial charge >= 0.3 is 5.97 Å². The molecule has 1 saturated heterocycles. The summed E-state index contributed by atoms with van der Waals surface area (Å²) in [6.45, 7) is 4.27. The van der Waals surface area contributed by atoms with Crippen molar-refractivity contribution in [3.8, 4) is 5.75 Å². The Morgan fingerprint density at radius 2 is 1.79 bits per heavy atom. The molecule has 0 aromatic heterocycles. The number of hydrogen-bond acceptors (Lipinski definition) is 5. The van der Waals surface area contributed by atoms with Gasteiger partial charge in [-0.25, -0.2) is 8.78 Å². The number of carbonyl (C=O) groups excluding carboxylic acids is 1. The van der Waals surface area contributed by atoms with Crippen LogP contribution in [-0.2, 0) is 11.3 Å². The van der Waals surface area contributed by atoms with Crippen LogP contribution in [0.2, 0.25) is 0 Å². The molecule has 148 valence electrons. The Balaban J connectivity index is 1.40. The van der Waals surface area contributed by atoms with E-state index in [-0.39, 0.29) is 11.5 Å². The van der Waals surface area contributed by atoms with Crippen molar-refractivity contribution in [3.63, 3.8) is 0 Å². The first-order valence-corrected chi connectivity index (χ1v) is 10.2. The van der Waals surface area contributed by atoms with Crippen molar-refractivity contribution in [1.82, 2.24) is 9.80 Å². The van der Waals surface area contributed by atoms with Gasteiger partial charge in [0.05, 0.1) is 5.75 Å². The van der Waals surface area contributed by atoms with Crippen molar-refractivity contribution in [3.05, 3.63) is 65.7 Å². The van der Waals surface area contributed by atoms with Gasteiger partial charge in [-0.1, -0.05) is 54.3 Å². The standard InChI is InChI=1S/C20H20F2N2O2S2/c21-16-6-7-18(17(22)12-16)26-19(25)14-28-20(27)24-10-8-23(9-11-24)13-15-4-2-1-3-5-15/h1-7,12H,8-11,13-14H2. The first-order chi connectivity index (χ1) is 13.5. The van der Waals surface area contributed by atoms with E-state index in [1.165, 1.54) is 17.3 Å². The number of nitrogens with zero attached hydrogens (tertiary/aromatic N) is 2. The normalized spacial score (nSPS) is 14.7. The van der Waals surface area contributed by atoms with Crippen molar-refractivity contribution >= 4 is 34.3 Å². The Kier molecular flexibility index (Phi) is 7.36. The molecule has 8 heteroatoms. The quantitative estimate of drug-likeness (QED) is 0.415. The number of rotatable bonds is 5. The molecule has 1 fully saturated rings. The minimum absolute atomic E-state index is 0.0279. The third-order valence-electron chi connectivity index (χ3n) is 4.31. The second kappa shape index (κ2) is 9.95. The van der Waals surface area contributed by atoms with Gasteiger partial charge in [0.25, 0.3) is 0 Å². The summed E-state index contributed by atoms with van der Waals surface area (Å²) < 4.78 is 32.0. The summed E-state index contributed by atoms with van der Waals surface area (Å²) in [5.41, 5.74) is 1.28. The van der Waals surface area contributed by atoms with E-state index in [9.17, 15) is 13.6 Å². The fourth-order valence-electron chi connectivity index (χ4n) is 2.85. The predicted molar refractivity (Wildman–Crippen MR) is 110 cm³/mol. The summed E-state index contributed by atoms with van der Waals surface area (Å²) in [4.78, 5) is 16.3. The van der Waals surface area contributed by atoms with Crippen LogP contribution in [0.5, 0.6) is 5.75 Å². The average Bonchev–Trinajstić information content (AvgIpc) is 2.70. The van der Waals surface area contributed by atoms with Gasteiger partial charge in [0, 0.05) is 38.8 Å². The van der Waals surface area contributed by atoms with Crippen LogP contribution >= 0.6 is 24.0 Å². The maximum atomic E-state index is 13.5. The molecule has 0 atom stereocenters. The monoisotopic (exact) mass is 422 g/mol. The Morgan fingerprint density at radius 3 is 2.46 bits per heavy atom. The lowest BCUT2D eigenvalue weighted by molar-refractivity contribution is -0.131. The molecule has 4 nitrogen and oxygen atoms in total. The van der Waals surface area contributed by atoms with Crippen LogP contribution in [-0.4, -0.2) is 52.0 Å². The molecule has 0 bridgehead atoms. The molecule has 1 aliphatic rings. The van der Waals surface area contributed by atoms with Gasteiger partial charge in [-0.3, -0.25) is 9.69 Å². The van der Waals surface area contributed by atoms with E-state index in [1.807, 2.05) is 18.2 Å². The molecule has 0 radical (unpaired) electrons. The smallest absolute Gasteiger partial charge is 0.321 e. The first kappa shape index (κ1) is 20.7. The summed E-state index contributed by atoms with van der Waals surface area (Å²) in [5.74, 6) is -2.57. The second-order valence-electron chi connectivity index (χ2n) is 6.35. The van der Waals surface area contributed by atoms with Crippen LogP contribution in [0.25, 0.3) is 0 Å². The van der Waals surface area contributed by atoms with Crippen LogP contribution in [0.3, 0.4) is 0 Å². The molecule has 2 aromatic rings. The Hall–Kier alpha value is -2.03. The molecule has 0 unspecified atom stereocenters. The molecule has 0 aliphatic carbocycles. The van der Waals surface area contributed by atoms with E-state index in [0.717, 1.165) is 44.9 Å². The number of esters is 1. The molecule has 0 spiro atoms. The van der Waals surface area contributed by atoms with Crippen molar-refractivity contribution < 1.29 is 18.3 Å². The number of hydrogen-bond donors (Lipinski definition) is 0. The molecule has 0 saturated carbocycles. The lowest BCUT2D eigenvalue weighted by atomic mass is 10.2. The number of thioether (sulfide) groups is 1. The fraction of sp³-hybridized carbons (Fsp3) is 0.300. The highest BCUT2D eigenvalue weighted by molar-refractivity contribution is 8.23. The molecular formula is C20H20F2N2O2S2. The van der Waals surface area contributed by atoms with Crippen molar-refractivity contribution in [1.29, 1.82) is 0 Å². The number of thiocarbonyl (C=S) groups is 1. The summed E-state index contributed by atoms with van der Waals surface area (Å²) in [6.07, 6.45) is 0. The van der Waals surface area contributed by atoms with Crippen LogP contribution in [0.1, 0.15) is 5.56 Å². The Bertz CT molecular complexity index is 828. The van der Waals surface area contributed by atoms with Crippen molar-refractivity contribution in [2.24, 2.45) is 0 Å². The van der Waals surface area contributed by atoms with Gasteiger partial charge < -0.3 is 9.64 Å². The maximum absolute atomic E-state index is 13.5. The molecule has 3 rings (SSSR count). The largest absolute Gasteiger partial charge is 0.423 e.